The topological polar surface area (TPSA) is 49.8 Å². The van der Waals surface area contributed by atoms with Crippen LogP contribution in [0.5, 0.6) is 5.75 Å². The van der Waals surface area contributed by atoms with Crippen molar-refractivity contribution in [3.63, 3.8) is 0 Å². The van der Waals surface area contributed by atoms with Crippen molar-refractivity contribution < 1.29 is 19.0 Å². The summed E-state index contributed by atoms with van der Waals surface area (Å²) in [4.78, 5) is 14.7. The lowest BCUT2D eigenvalue weighted by Crippen LogP contribution is -2.30. The SMILES string of the molecule is COc1ccccc1CN(C)C(=O)C[C@H](O)CSc1ccc(F)cc1. The Labute approximate surface area is 151 Å². The van der Waals surface area contributed by atoms with Gasteiger partial charge in [-0.2, -0.15) is 0 Å². The lowest BCUT2D eigenvalue weighted by molar-refractivity contribution is -0.132. The zero-order valence-corrected chi connectivity index (χ0v) is 15.1. The lowest BCUT2D eigenvalue weighted by atomic mass is 10.1. The van der Waals surface area contributed by atoms with Crippen molar-refractivity contribution in [1.29, 1.82) is 0 Å². The minimum absolute atomic E-state index is 0.0415. The fraction of sp³-hybridized carbons (Fsp3) is 0.316. The standard InChI is InChI=1S/C19H22FNO3S/c1-21(12-14-5-3-4-6-18(14)24-2)19(23)11-16(22)13-25-17-9-7-15(20)8-10-17/h3-10,16,22H,11-13H2,1-2H3/t16-/m0/s1. The van der Waals surface area contributed by atoms with E-state index in [4.69, 9.17) is 4.74 Å². The van der Waals surface area contributed by atoms with E-state index in [1.807, 2.05) is 24.3 Å². The van der Waals surface area contributed by atoms with Gasteiger partial charge in [0, 0.05) is 29.8 Å². The van der Waals surface area contributed by atoms with Crippen molar-refractivity contribution in [1.82, 2.24) is 4.90 Å². The third-order valence-electron chi connectivity index (χ3n) is 3.69. The van der Waals surface area contributed by atoms with Crippen LogP contribution in [0.25, 0.3) is 0 Å². The van der Waals surface area contributed by atoms with E-state index in [2.05, 4.69) is 0 Å². The van der Waals surface area contributed by atoms with Crippen molar-refractivity contribution in [3.8, 4) is 5.75 Å². The monoisotopic (exact) mass is 363 g/mol. The quantitative estimate of drug-likeness (QED) is 0.731. The van der Waals surface area contributed by atoms with E-state index < -0.39 is 6.10 Å². The number of aliphatic hydroxyl groups excluding tert-OH is 1. The van der Waals surface area contributed by atoms with Gasteiger partial charge >= 0.3 is 0 Å². The summed E-state index contributed by atoms with van der Waals surface area (Å²) in [5, 5.41) is 10.1. The molecule has 6 heteroatoms. The number of ether oxygens (including phenoxy) is 1. The molecule has 1 N–H and O–H groups in total. The maximum atomic E-state index is 12.9. The van der Waals surface area contributed by atoms with Crippen LogP contribution in [0, 0.1) is 5.82 Å². The van der Waals surface area contributed by atoms with E-state index in [0.29, 0.717) is 12.3 Å². The van der Waals surface area contributed by atoms with Gasteiger partial charge in [0.05, 0.1) is 19.6 Å². The summed E-state index contributed by atoms with van der Waals surface area (Å²) in [6.45, 7) is 0.417. The van der Waals surface area contributed by atoms with Gasteiger partial charge in [-0.15, -0.1) is 11.8 Å². The van der Waals surface area contributed by atoms with E-state index in [9.17, 15) is 14.3 Å². The highest BCUT2D eigenvalue weighted by atomic mass is 32.2. The normalized spacial score (nSPS) is 11.8. The number of para-hydroxylation sites is 1. The van der Waals surface area contributed by atoms with Gasteiger partial charge < -0.3 is 14.7 Å². The summed E-state index contributed by atoms with van der Waals surface area (Å²) in [5.41, 5.74) is 0.913. The Balaban J connectivity index is 1.82. The first-order valence-electron chi connectivity index (χ1n) is 7.92. The minimum Gasteiger partial charge on any atom is -0.496 e. The number of methoxy groups -OCH3 is 1. The van der Waals surface area contributed by atoms with Crippen molar-refractivity contribution in [2.75, 3.05) is 19.9 Å². The number of nitrogens with zero attached hydrogens (tertiary/aromatic N) is 1. The second-order valence-electron chi connectivity index (χ2n) is 5.68. The highest BCUT2D eigenvalue weighted by Gasteiger charge is 2.16. The summed E-state index contributed by atoms with van der Waals surface area (Å²) in [5.74, 6) is 0.672. The van der Waals surface area contributed by atoms with E-state index >= 15 is 0 Å². The summed E-state index contributed by atoms with van der Waals surface area (Å²) < 4.78 is 18.1. The summed E-state index contributed by atoms with van der Waals surface area (Å²) >= 11 is 1.39. The predicted octanol–water partition coefficient (Wildman–Crippen LogP) is 3.34. The van der Waals surface area contributed by atoms with Crippen molar-refractivity contribution in [2.45, 2.75) is 24.0 Å². The number of thioether (sulfide) groups is 1. The molecular weight excluding hydrogens is 341 g/mol. The number of benzene rings is 2. The van der Waals surface area contributed by atoms with Crippen molar-refractivity contribution in [3.05, 3.63) is 59.9 Å². The maximum absolute atomic E-state index is 12.9. The Morgan fingerprint density at radius 1 is 1.24 bits per heavy atom. The molecule has 0 aliphatic rings. The zero-order chi connectivity index (χ0) is 18.2. The number of rotatable bonds is 8. The van der Waals surface area contributed by atoms with Crippen LogP contribution in [-0.2, 0) is 11.3 Å². The van der Waals surface area contributed by atoms with Crippen LogP contribution in [0.15, 0.2) is 53.4 Å². The van der Waals surface area contributed by atoms with Gasteiger partial charge in [-0.1, -0.05) is 18.2 Å². The Morgan fingerprint density at radius 2 is 1.92 bits per heavy atom. The molecule has 2 aromatic rings. The number of halogens is 1. The summed E-state index contributed by atoms with van der Waals surface area (Å²) in [7, 11) is 3.30. The molecule has 0 unspecified atom stereocenters. The molecule has 0 radical (unpaired) electrons. The fourth-order valence-corrected chi connectivity index (χ4v) is 3.15. The van der Waals surface area contributed by atoms with Gasteiger partial charge in [0.2, 0.25) is 5.91 Å². The molecule has 2 aromatic carbocycles. The van der Waals surface area contributed by atoms with Gasteiger partial charge in [0.1, 0.15) is 11.6 Å². The second kappa shape index (κ2) is 9.44. The number of amides is 1. The highest BCUT2D eigenvalue weighted by molar-refractivity contribution is 7.99. The first kappa shape index (κ1) is 19.3. The summed E-state index contributed by atoms with van der Waals surface area (Å²) in [6.07, 6.45) is -0.720. The molecule has 1 atom stereocenters. The zero-order valence-electron chi connectivity index (χ0n) is 14.3. The fourth-order valence-electron chi connectivity index (χ4n) is 2.32. The van der Waals surface area contributed by atoms with E-state index in [1.54, 1.807) is 31.2 Å². The molecule has 0 aromatic heterocycles. The number of carbonyl (C=O) groups excluding carboxylic acids is 1. The third-order valence-corrected chi connectivity index (χ3v) is 4.85. The summed E-state index contributed by atoms with van der Waals surface area (Å²) in [6, 6.07) is 13.6. The minimum atomic E-state index is -0.761. The molecule has 0 bridgehead atoms. The van der Waals surface area contributed by atoms with Gasteiger partial charge in [0.25, 0.3) is 0 Å². The van der Waals surface area contributed by atoms with Crippen LogP contribution < -0.4 is 4.74 Å². The average molecular weight is 363 g/mol. The largest absolute Gasteiger partial charge is 0.496 e. The molecule has 0 spiro atoms. The van der Waals surface area contributed by atoms with Crippen LogP contribution >= 0.6 is 11.8 Å². The van der Waals surface area contributed by atoms with E-state index in [1.165, 1.54) is 23.9 Å². The number of carbonyl (C=O) groups is 1. The van der Waals surface area contributed by atoms with Gasteiger partial charge in [-0.05, 0) is 30.3 Å². The van der Waals surface area contributed by atoms with E-state index in [0.717, 1.165) is 16.2 Å². The molecule has 134 valence electrons. The maximum Gasteiger partial charge on any atom is 0.225 e. The number of hydrogen-bond donors (Lipinski definition) is 1. The Bertz CT molecular complexity index is 693. The van der Waals surface area contributed by atoms with Crippen LogP contribution in [0.3, 0.4) is 0 Å². The van der Waals surface area contributed by atoms with E-state index in [-0.39, 0.29) is 18.1 Å². The third kappa shape index (κ3) is 6.07. The molecule has 0 saturated heterocycles. The highest BCUT2D eigenvalue weighted by Crippen LogP contribution is 2.21. The average Bonchev–Trinajstić information content (AvgIpc) is 2.61. The number of hydrogen-bond acceptors (Lipinski definition) is 4. The van der Waals surface area contributed by atoms with Crippen LogP contribution in [-0.4, -0.2) is 41.9 Å². The molecule has 2 rings (SSSR count). The van der Waals surface area contributed by atoms with Gasteiger partial charge in [-0.25, -0.2) is 4.39 Å². The molecule has 0 heterocycles. The van der Waals surface area contributed by atoms with Crippen molar-refractivity contribution >= 4 is 17.7 Å². The lowest BCUT2D eigenvalue weighted by Gasteiger charge is -2.20. The first-order chi connectivity index (χ1) is 12.0. The Morgan fingerprint density at radius 3 is 2.60 bits per heavy atom. The van der Waals surface area contributed by atoms with Gasteiger partial charge in [-0.3, -0.25) is 4.79 Å². The molecule has 0 saturated carbocycles. The molecule has 0 aliphatic carbocycles. The second-order valence-corrected chi connectivity index (χ2v) is 6.78. The van der Waals surface area contributed by atoms with Crippen LogP contribution in [0.1, 0.15) is 12.0 Å². The predicted molar refractivity (Wildman–Crippen MR) is 97.2 cm³/mol. The van der Waals surface area contributed by atoms with Crippen molar-refractivity contribution in [2.24, 2.45) is 0 Å². The van der Waals surface area contributed by atoms with Crippen LogP contribution in [0.4, 0.5) is 4.39 Å². The smallest absolute Gasteiger partial charge is 0.225 e. The Hall–Kier alpha value is -2.05. The van der Waals surface area contributed by atoms with Crippen LogP contribution in [0.2, 0.25) is 0 Å². The molecule has 0 aliphatic heterocycles. The molecule has 0 fully saturated rings. The first-order valence-corrected chi connectivity index (χ1v) is 8.90. The molecular formula is C19H22FNO3S. The van der Waals surface area contributed by atoms with Gasteiger partial charge in [0.15, 0.2) is 0 Å². The molecule has 1 amide bonds. The Kier molecular flexibility index (Phi) is 7.28. The molecule has 4 nitrogen and oxygen atoms in total. The number of aliphatic hydroxyl groups is 1. The molecule has 25 heavy (non-hydrogen) atoms.